The maximum absolute atomic E-state index is 4.75. The summed E-state index contributed by atoms with van der Waals surface area (Å²) in [6, 6.07) is 15.3. The van der Waals surface area contributed by atoms with E-state index in [1.165, 1.54) is 24.1 Å². The summed E-state index contributed by atoms with van der Waals surface area (Å²) in [5, 5.41) is 3.51. The fourth-order valence-corrected chi connectivity index (χ4v) is 2.35. The normalized spacial score (nSPS) is 14.3. The van der Waals surface area contributed by atoms with Crippen molar-refractivity contribution in [1.29, 1.82) is 0 Å². The molecule has 1 heterocycles. The van der Waals surface area contributed by atoms with Crippen molar-refractivity contribution in [1.82, 2.24) is 10.3 Å². The Morgan fingerprint density at radius 2 is 1.95 bits per heavy atom. The predicted molar refractivity (Wildman–Crippen MR) is 83.3 cm³/mol. The monoisotopic (exact) mass is 267 g/mol. The zero-order chi connectivity index (χ0) is 13.9. The van der Waals surface area contributed by atoms with Crippen LogP contribution in [0.2, 0.25) is 0 Å². The minimum Gasteiger partial charge on any atom is -0.329 e. The molecular formula is C17H21N3. The first kappa shape index (κ1) is 13.1. The van der Waals surface area contributed by atoms with Gasteiger partial charge in [0.05, 0.1) is 5.69 Å². The van der Waals surface area contributed by atoms with Crippen LogP contribution in [0.5, 0.6) is 0 Å². The van der Waals surface area contributed by atoms with Crippen LogP contribution in [0.1, 0.15) is 24.1 Å². The van der Waals surface area contributed by atoms with Crippen LogP contribution >= 0.6 is 0 Å². The van der Waals surface area contributed by atoms with Gasteiger partial charge < -0.3 is 10.2 Å². The standard InChI is InChI=1S/C17H21N3/c1-13-6-3-4-8-16(13)20(2)17-9-5-7-15(19-17)12-18-14-10-11-14/h3-9,14,18H,10-12H2,1-2H3. The highest BCUT2D eigenvalue weighted by Gasteiger charge is 2.20. The lowest BCUT2D eigenvalue weighted by Crippen LogP contribution is -2.18. The van der Waals surface area contributed by atoms with E-state index in [9.17, 15) is 0 Å². The molecule has 1 aromatic carbocycles. The van der Waals surface area contributed by atoms with Gasteiger partial charge in [0.25, 0.3) is 0 Å². The molecule has 2 aromatic rings. The van der Waals surface area contributed by atoms with E-state index in [2.05, 4.69) is 66.7 Å². The molecule has 3 nitrogen and oxygen atoms in total. The second-order valence-electron chi connectivity index (χ2n) is 5.49. The molecule has 3 heteroatoms. The third-order valence-electron chi connectivity index (χ3n) is 3.76. The SMILES string of the molecule is Cc1ccccc1N(C)c1cccc(CNC2CC2)n1. The van der Waals surface area contributed by atoms with Crippen LogP contribution in [0.25, 0.3) is 0 Å². The first-order chi connectivity index (χ1) is 9.74. The Kier molecular flexibility index (Phi) is 3.70. The average molecular weight is 267 g/mol. The van der Waals surface area contributed by atoms with Crippen molar-refractivity contribution in [3.8, 4) is 0 Å². The molecule has 1 aliphatic rings. The van der Waals surface area contributed by atoms with Gasteiger partial charge in [-0.1, -0.05) is 24.3 Å². The molecule has 0 atom stereocenters. The van der Waals surface area contributed by atoms with Crippen molar-refractivity contribution < 1.29 is 0 Å². The van der Waals surface area contributed by atoms with Crippen LogP contribution in [-0.4, -0.2) is 18.1 Å². The van der Waals surface area contributed by atoms with Gasteiger partial charge in [0.2, 0.25) is 0 Å². The second kappa shape index (κ2) is 5.63. The van der Waals surface area contributed by atoms with Crippen LogP contribution in [0, 0.1) is 6.92 Å². The van der Waals surface area contributed by atoms with Crippen LogP contribution in [-0.2, 0) is 6.54 Å². The van der Waals surface area contributed by atoms with E-state index in [4.69, 9.17) is 4.98 Å². The van der Waals surface area contributed by atoms with Crippen molar-refractivity contribution >= 4 is 11.5 Å². The van der Waals surface area contributed by atoms with Gasteiger partial charge in [-0.3, -0.25) is 0 Å². The number of para-hydroxylation sites is 1. The first-order valence-electron chi connectivity index (χ1n) is 7.23. The van der Waals surface area contributed by atoms with Crippen molar-refractivity contribution in [2.24, 2.45) is 0 Å². The zero-order valence-electron chi connectivity index (χ0n) is 12.1. The number of nitrogens with one attached hydrogen (secondary N) is 1. The Hall–Kier alpha value is -1.87. The molecule has 0 amide bonds. The molecule has 0 aliphatic heterocycles. The summed E-state index contributed by atoms with van der Waals surface area (Å²) in [5.74, 6) is 0.995. The molecular weight excluding hydrogens is 246 g/mol. The summed E-state index contributed by atoms with van der Waals surface area (Å²) in [6.45, 7) is 2.99. The molecule has 1 N–H and O–H groups in total. The molecule has 1 aliphatic carbocycles. The van der Waals surface area contributed by atoms with Crippen molar-refractivity contribution in [3.05, 3.63) is 53.7 Å². The summed E-state index contributed by atoms with van der Waals surface area (Å²) in [4.78, 5) is 6.90. The smallest absolute Gasteiger partial charge is 0.133 e. The summed E-state index contributed by atoms with van der Waals surface area (Å²) in [5.41, 5.74) is 3.57. The van der Waals surface area contributed by atoms with Gasteiger partial charge in [-0.2, -0.15) is 0 Å². The number of benzene rings is 1. The van der Waals surface area contributed by atoms with Crippen molar-refractivity contribution in [3.63, 3.8) is 0 Å². The maximum Gasteiger partial charge on any atom is 0.133 e. The van der Waals surface area contributed by atoms with E-state index in [-0.39, 0.29) is 0 Å². The van der Waals surface area contributed by atoms with Gasteiger partial charge in [0.1, 0.15) is 5.82 Å². The quantitative estimate of drug-likeness (QED) is 0.900. The van der Waals surface area contributed by atoms with Crippen molar-refractivity contribution in [2.45, 2.75) is 32.4 Å². The van der Waals surface area contributed by atoms with Crippen LogP contribution in [0.4, 0.5) is 11.5 Å². The topological polar surface area (TPSA) is 28.2 Å². The molecule has 0 bridgehead atoms. The lowest BCUT2D eigenvalue weighted by Gasteiger charge is -2.21. The fraction of sp³-hybridized carbons (Fsp3) is 0.353. The van der Waals surface area contributed by atoms with Gasteiger partial charge in [-0.25, -0.2) is 4.98 Å². The molecule has 1 aromatic heterocycles. The molecule has 0 saturated heterocycles. The largest absolute Gasteiger partial charge is 0.329 e. The number of hydrogen-bond donors (Lipinski definition) is 1. The van der Waals surface area contributed by atoms with E-state index >= 15 is 0 Å². The van der Waals surface area contributed by atoms with Crippen LogP contribution in [0.15, 0.2) is 42.5 Å². The number of hydrogen-bond acceptors (Lipinski definition) is 3. The molecule has 104 valence electrons. The molecule has 0 spiro atoms. The third-order valence-corrected chi connectivity index (χ3v) is 3.76. The Morgan fingerprint density at radius 3 is 2.70 bits per heavy atom. The first-order valence-corrected chi connectivity index (χ1v) is 7.23. The Morgan fingerprint density at radius 1 is 1.15 bits per heavy atom. The van der Waals surface area contributed by atoms with Gasteiger partial charge in [-0.15, -0.1) is 0 Å². The molecule has 20 heavy (non-hydrogen) atoms. The van der Waals surface area contributed by atoms with Gasteiger partial charge >= 0.3 is 0 Å². The average Bonchev–Trinajstić information content (AvgIpc) is 3.29. The second-order valence-corrected chi connectivity index (χ2v) is 5.49. The molecule has 1 saturated carbocycles. The minimum atomic E-state index is 0.717. The van der Waals surface area contributed by atoms with Gasteiger partial charge in [-0.05, 0) is 43.5 Å². The third kappa shape index (κ3) is 2.99. The highest BCUT2D eigenvalue weighted by molar-refractivity contribution is 5.62. The molecule has 0 radical (unpaired) electrons. The highest BCUT2D eigenvalue weighted by atomic mass is 15.2. The number of aromatic nitrogens is 1. The van der Waals surface area contributed by atoms with E-state index < -0.39 is 0 Å². The fourth-order valence-electron chi connectivity index (χ4n) is 2.35. The molecule has 3 rings (SSSR count). The van der Waals surface area contributed by atoms with E-state index in [1.54, 1.807) is 0 Å². The van der Waals surface area contributed by atoms with Gasteiger partial charge in [0.15, 0.2) is 0 Å². The predicted octanol–water partition coefficient (Wildman–Crippen LogP) is 3.41. The van der Waals surface area contributed by atoms with Crippen molar-refractivity contribution in [2.75, 3.05) is 11.9 Å². The Balaban J connectivity index is 1.78. The minimum absolute atomic E-state index is 0.717. The number of rotatable bonds is 5. The summed E-state index contributed by atoms with van der Waals surface area (Å²) in [6.07, 6.45) is 2.62. The lowest BCUT2D eigenvalue weighted by atomic mass is 10.2. The number of nitrogens with zero attached hydrogens (tertiary/aromatic N) is 2. The maximum atomic E-state index is 4.75. The summed E-state index contributed by atoms with van der Waals surface area (Å²) < 4.78 is 0. The summed E-state index contributed by atoms with van der Waals surface area (Å²) >= 11 is 0. The number of pyridine rings is 1. The van der Waals surface area contributed by atoms with Crippen LogP contribution in [0.3, 0.4) is 0 Å². The Labute approximate surface area is 120 Å². The van der Waals surface area contributed by atoms with Gasteiger partial charge in [0, 0.05) is 25.3 Å². The van der Waals surface area contributed by atoms with E-state index in [0.717, 1.165) is 24.1 Å². The van der Waals surface area contributed by atoms with E-state index in [0.29, 0.717) is 0 Å². The summed E-state index contributed by atoms with van der Waals surface area (Å²) in [7, 11) is 2.07. The van der Waals surface area contributed by atoms with E-state index in [1.807, 2.05) is 0 Å². The Bertz CT molecular complexity index is 590. The van der Waals surface area contributed by atoms with Crippen LogP contribution < -0.4 is 10.2 Å². The number of anilines is 2. The molecule has 1 fully saturated rings. The number of aryl methyl sites for hydroxylation is 1. The lowest BCUT2D eigenvalue weighted by molar-refractivity contribution is 0.674. The zero-order valence-corrected chi connectivity index (χ0v) is 12.1. The molecule has 0 unspecified atom stereocenters. The highest BCUT2D eigenvalue weighted by Crippen LogP contribution is 2.25.